The Balaban J connectivity index is 0.00000137. The van der Waals surface area contributed by atoms with Gasteiger partial charge in [0.05, 0.1) is 6.61 Å². The second-order valence-electron chi connectivity index (χ2n) is 5.12. The second-order valence-corrected chi connectivity index (χ2v) is 5.12. The predicted octanol–water partition coefficient (Wildman–Crippen LogP) is 2.71. The molecule has 110 valence electrons. The zero-order valence-corrected chi connectivity index (χ0v) is 13.2. The Bertz CT molecular complexity index is 168. The van der Waals surface area contributed by atoms with Gasteiger partial charge in [-0.25, -0.2) is 0 Å². The summed E-state index contributed by atoms with van der Waals surface area (Å²) in [6, 6.07) is 0. The molecule has 18 heavy (non-hydrogen) atoms. The zero-order chi connectivity index (χ0) is 13.8. The third-order valence-corrected chi connectivity index (χ3v) is 3.41. The van der Waals surface area contributed by atoms with E-state index in [1.54, 1.807) is 0 Å². The molecule has 1 fully saturated rings. The fourth-order valence-corrected chi connectivity index (χ4v) is 2.19. The van der Waals surface area contributed by atoms with Crippen molar-refractivity contribution < 1.29 is 4.74 Å². The van der Waals surface area contributed by atoms with Crippen LogP contribution in [0.15, 0.2) is 0 Å². The van der Waals surface area contributed by atoms with Gasteiger partial charge in [0.2, 0.25) is 0 Å². The molecule has 0 aromatic rings. The van der Waals surface area contributed by atoms with E-state index in [4.69, 9.17) is 4.74 Å². The number of ether oxygens (including phenoxy) is 1. The first-order valence-electron chi connectivity index (χ1n) is 7.67. The summed E-state index contributed by atoms with van der Waals surface area (Å²) in [5.41, 5.74) is 0. The summed E-state index contributed by atoms with van der Waals surface area (Å²) in [6.07, 6.45) is 3.84. The van der Waals surface area contributed by atoms with Crippen LogP contribution >= 0.6 is 0 Å². The molecule has 3 nitrogen and oxygen atoms in total. The number of hydrogen-bond donors (Lipinski definition) is 0. The van der Waals surface area contributed by atoms with Crippen LogP contribution in [0.2, 0.25) is 0 Å². The van der Waals surface area contributed by atoms with E-state index in [1.807, 2.05) is 13.8 Å². The molecule has 0 atom stereocenters. The lowest BCUT2D eigenvalue weighted by Gasteiger charge is -2.28. The Morgan fingerprint density at radius 2 is 1.78 bits per heavy atom. The molecule has 0 aromatic carbocycles. The van der Waals surface area contributed by atoms with E-state index in [-0.39, 0.29) is 0 Å². The maximum atomic E-state index is 5.77. The van der Waals surface area contributed by atoms with Crippen molar-refractivity contribution in [1.82, 2.24) is 9.80 Å². The van der Waals surface area contributed by atoms with Gasteiger partial charge in [-0.05, 0) is 58.9 Å². The SMILES string of the molecule is CC.CCCN(C)CCOCC1CCN(C)CC1. The molecule has 1 saturated heterocycles. The number of rotatable bonds is 7. The first kappa shape index (κ1) is 17.9. The van der Waals surface area contributed by atoms with Crippen molar-refractivity contribution in [2.75, 3.05) is 53.5 Å². The van der Waals surface area contributed by atoms with Crippen molar-refractivity contribution in [3.8, 4) is 0 Å². The zero-order valence-electron chi connectivity index (χ0n) is 13.2. The quantitative estimate of drug-likeness (QED) is 0.653. The molecule has 1 rings (SSSR count). The van der Waals surface area contributed by atoms with Crippen LogP contribution in [0.5, 0.6) is 0 Å². The Morgan fingerprint density at radius 1 is 1.17 bits per heavy atom. The topological polar surface area (TPSA) is 15.7 Å². The van der Waals surface area contributed by atoms with Gasteiger partial charge in [-0.3, -0.25) is 0 Å². The van der Waals surface area contributed by atoms with E-state index < -0.39 is 0 Å². The molecule has 0 radical (unpaired) electrons. The molecule has 0 spiro atoms. The summed E-state index contributed by atoms with van der Waals surface area (Å²) in [7, 11) is 4.37. The monoisotopic (exact) mass is 258 g/mol. The number of piperidine rings is 1. The van der Waals surface area contributed by atoms with Crippen molar-refractivity contribution in [3.63, 3.8) is 0 Å². The van der Waals surface area contributed by atoms with E-state index in [1.165, 1.54) is 38.9 Å². The van der Waals surface area contributed by atoms with Crippen LogP contribution < -0.4 is 0 Å². The Morgan fingerprint density at radius 3 is 2.33 bits per heavy atom. The Hall–Kier alpha value is -0.120. The minimum absolute atomic E-state index is 0.799. The van der Waals surface area contributed by atoms with Crippen molar-refractivity contribution in [2.45, 2.75) is 40.0 Å². The maximum absolute atomic E-state index is 5.77. The third kappa shape index (κ3) is 8.90. The van der Waals surface area contributed by atoms with E-state index in [0.717, 1.165) is 25.7 Å². The Kier molecular flexibility index (Phi) is 11.9. The van der Waals surface area contributed by atoms with E-state index >= 15 is 0 Å². The van der Waals surface area contributed by atoms with E-state index in [9.17, 15) is 0 Å². The highest BCUT2D eigenvalue weighted by Gasteiger charge is 2.16. The molecule has 0 aliphatic carbocycles. The summed E-state index contributed by atoms with van der Waals surface area (Å²) < 4.78 is 5.77. The highest BCUT2D eigenvalue weighted by Crippen LogP contribution is 2.15. The van der Waals surface area contributed by atoms with Crippen LogP contribution in [-0.4, -0.2) is 63.3 Å². The van der Waals surface area contributed by atoms with Gasteiger partial charge in [-0.15, -0.1) is 0 Å². The van der Waals surface area contributed by atoms with Gasteiger partial charge in [-0.1, -0.05) is 20.8 Å². The highest BCUT2D eigenvalue weighted by atomic mass is 16.5. The van der Waals surface area contributed by atoms with Gasteiger partial charge in [0.1, 0.15) is 0 Å². The van der Waals surface area contributed by atoms with Gasteiger partial charge in [0.15, 0.2) is 0 Å². The van der Waals surface area contributed by atoms with E-state index in [2.05, 4.69) is 30.8 Å². The molecule has 0 N–H and O–H groups in total. The molecule has 3 heteroatoms. The average Bonchev–Trinajstić information content (AvgIpc) is 2.39. The molecular formula is C15H34N2O. The fraction of sp³-hybridized carbons (Fsp3) is 1.00. The molecule has 0 aromatic heterocycles. The summed E-state index contributed by atoms with van der Waals surface area (Å²) in [5, 5.41) is 0. The lowest BCUT2D eigenvalue weighted by atomic mass is 9.98. The summed E-state index contributed by atoms with van der Waals surface area (Å²) in [4.78, 5) is 4.75. The lowest BCUT2D eigenvalue weighted by Crippen LogP contribution is -2.32. The molecular weight excluding hydrogens is 224 g/mol. The molecule has 0 amide bonds. The number of likely N-dealkylation sites (N-methyl/N-ethyl adjacent to an activating group) is 1. The van der Waals surface area contributed by atoms with Gasteiger partial charge in [-0.2, -0.15) is 0 Å². The minimum atomic E-state index is 0.799. The highest BCUT2D eigenvalue weighted by molar-refractivity contribution is 4.69. The van der Waals surface area contributed by atoms with Crippen molar-refractivity contribution in [1.29, 1.82) is 0 Å². The van der Waals surface area contributed by atoms with Crippen LogP contribution in [0, 0.1) is 5.92 Å². The first-order valence-corrected chi connectivity index (χ1v) is 7.67. The maximum Gasteiger partial charge on any atom is 0.0593 e. The van der Waals surface area contributed by atoms with E-state index in [0.29, 0.717) is 0 Å². The number of nitrogens with zero attached hydrogens (tertiary/aromatic N) is 2. The van der Waals surface area contributed by atoms with Crippen LogP contribution in [-0.2, 0) is 4.74 Å². The van der Waals surface area contributed by atoms with Crippen molar-refractivity contribution in [3.05, 3.63) is 0 Å². The van der Waals surface area contributed by atoms with Gasteiger partial charge < -0.3 is 14.5 Å². The first-order chi connectivity index (χ1) is 8.72. The lowest BCUT2D eigenvalue weighted by molar-refractivity contribution is 0.0611. The summed E-state index contributed by atoms with van der Waals surface area (Å²) in [6.45, 7) is 12.8. The second kappa shape index (κ2) is 11.9. The van der Waals surface area contributed by atoms with Crippen molar-refractivity contribution in [2.24, 2.45) is 5.92 Å². The van der Waals surface area contributed by atoms with Crippen LogP contribution in [0.1, 0.15) is 40.0 Å². The standard InChI is InChI=1S/C13H28N2O.C2H6/c1-4-7-14(2)10-11-16-12-13-5-8-15(3)9-6-13;1-2/h13H,4-12H2,1-3H3;1-2H3. The fourth-order valence-electron chi connectivity index (χ4n) is 2.19. The summed E-state index contributed by atoms with van der Waals surface area (Å²) >= 11 is 0. The summed E-state index contributed by atoms with van der Waals surface area (Å²) in [5.74, 6) is 0.799. The van der Waals surface area contributed by atoms with Crippen LogP contribution in [0.4, 0.5) is 0 Å². The van der Waals surface area contributed by atoms with Gasteiger partial charge in [0.25, 0.3) is 0 Å². The van der Waals surface area contributed by atoms with Crippen LogP contribution in [0.25, 0.3) is 0 Å². The van der Waals surface area contributed by atoms with Crippen molar-refractivity contribution >= 4 is 0 Å². The molecule has 0 saturated carbocycles. The molecule has 1 aliphatic rings. The van der Waals surface area contributed by atoms with Crippen LogP contribution in [0.3, 0.4) is 0 Å². The normalized spacial score (nSPS) is 17.7. The Labute approximate surface area is 114 Å². The molecule has 1 heterocycles. The number of hydrogen-bond acceptors (Lipinski definition) is 3. The van der Waals surface area contributed by atoms with Gasteiger partial charge >= 0.3 is 0 Å². The average molecular weight is 258 g/mol. The smallest absolute Gasteiger partial charge is 0.0593 e. The van der Waals surface area contributed by atoms with Gasteiger partial charge in [0, 0.05) is 13.2 Å². The third-order valence-electron chi connectivity index (χ3n) is 3.41. The molecule has 0 unspecified atom stereocenters. The minimum Gasteiger partial charge on any atom is -0.380 e. The largest absolute Gasteiger partial charge is 0.380 e. The molecule has 1 aliphatic heterocycles. The number of likely N-dealkylation sites (tertiary alicyclic amines) is 1. The predicted molar refractivity (Wildman–Crippen MR) is 80.2 cm³/mol. The molecule has 0 bridgehead atoms.